The molecule has 0 fully saturated rings. The number of fused-ring (bicyclic) bond motifs is 1. The largest absolute Gasteiger partial charge is 0.481 e. The van der Waals surface area contributed by atoms with Gasteiger partial charge >= 0.3 is 5.97 Å². The summed E-state index contributed by atoms with van der Waals surface area (Å²) >= 11 is 6.06. The third-order valence-electron chi connectivity index (χ3n) is 5.07. The van der Waals surface area contributed by atoms with Crippen LogP contribution in [0.2, 0.25) is 5.02 Å². The molecule has 4 aromatic rings. The van der Waals surface area contributed by atoms with Crippen molar-refractivity contribution in [1.82, 2.24) is 3.97 Å². The first-order chi connectivity index (χ1) is 15.2. The van der Waals surface area contributed by atoms with E-state index in [1.165, 1.54) is 30.5 Å². The molecule has 4 rings (SSSR count). The Hall–Kier alpha value is -3.23. The highest BCUT2D eigenvalue weighted by Crippen LogP contribution is 2.35. The fraction of sp³-hybridized carbons (Fsp3) is 0.0870. The lowest BCUT2D eigenvalue weighted by Gasteiger charge is -2.14. The Balaban J connectivity index is 2.00. The zero-order valence-corrected chi connectivity index (χ0v) is 18.0. The van der Waals surface area contributed by atoms with Gasteiger partial charge in [0.25, 0.3) is 10.0 Å². The van der Waals surface area contributed by atoms with Crippen LogP contribution >= 0.6 is 11.6 Å². The van der Waals surface area contributed by atoms with Crippen molar-refractivity contribution in [2.24, 2.45) is 0 Å². The highest BCUT2D eigenvalue weighted by molar-refractivity contribution is 7.90. The number of hydrogen-bond donors (Lipinski definition) is 1. The van der Waals surface area contributed by atoms with Crippen LogP contribution in [0.1, 0.15) is 12.0 Å². The summed E-state index contributed by atoms with van der Waals surface area (Å²) in [5.74, 6) is -3.85. The summed E-state index contributed by atoms with van der Waals surface area (Å²) in [6.45, 7) is 0. The molecular formula is C23H16ClF2NO4S. The minimum atomic E-state index is -4.62. The third-order valence-corrected chi connectivity index (χ3v) is 7.05. The Kier molecular flexibility index (Phi) is 5.75. The molecule has 0 saturated heterocycles. The second-order valence-corrected chi connectivity index (χ2v) is 9.30. The molecule has 32 heavy (non-hydrogen) atoms. The lowest BCUT2D eigenvalue weighted by molar-refractivity contribution is -0.136. The molecule has 0 aliphatic carbocycles. The summed E-state index contributed by atoms with van der Waals surface area (Å²) in [5.41, 5.74) is 0.993. The summed E-state index contributed by atoms with van der Waals surface area (Å²) in [6.07, 6.45) is 1.03. The molecule has 0 aliphatic rings. The number of aliphatic carboxylic acids is 1. The molecule has 0 amide bonds. The van der Waals surface area contributed by atoms with Gasteiger partial charge in [0.2, 0.25) is 0 Å². The standard InChI is InChI=1S/C23H16ClF2NO4S/c24-16-7-10-20-18(12-16)15(6-11-21(28)29)13-27(20)32(30,31)23-17(8-9-19(25)22(23)26)14-4-2-1-3-5-14/h1-5,7-10,12-13H,6,11H2,(H,28,29). The molecular weight excluding hydrogens is 460 g/mol. The highest BCUT2D eigenvalue weighted by Gasteiger charge is 2.30. The molecule has 0 radical (unpaired) electrons. The van der Waals surface area contributed by atoms with Gasteiger partial charge in [0.05, 0.1) is 5.52 Å². The SMILES string of the molecule is O=C(O)CCc1cn(S(=O)(=O)c2c(-c3ccccc3)ccc(F)c2F)c2ccc(Cl)cc12. The quantitative estimate of drug-likeness (QED) is 0.400. The first kappa shape index (κ1) is 22.0. The smallest absolute Gasteiger partial charge is 0.303 e. The highest BCUT2D eigenvalue weighted by atomic mass is 35.5. The summed E-state index contributed by atoms with van der Waals surface area (Å²) in [6, 6.07) is 14.7. The van der Waals surface area contributed by atoms with Crippen LogP contribution in [0, 0.1) is 11.6 Å². The summed E-state index contributed by atoms with van der Waals surface area (Å²) < 4.78 is 57.3. The number of benzene rings is 3. The predicted octanol–water partition coefficient (Wildman–Crippen LogP) is 5.49. The van der Waals surface area contributed by atoms with Crippen LogP contribution < -0.4 is 0 Å². The van der Waals surface area contributed by atoms with Gasteiger partial charge in [-0.3, -0.25) is 4.79 Å². The van der Waals surface area contributed by atoms with Crippen LogP contribution in [0.3, 0.4) is 0 Å². The van der Waals surface area contributed by atoms with E-state index in [1.807, 2.05) is 0 Å². The van der Waals surface area contributed by atoms with E-state index < -0.39 is 32.5 Å². The fourth-order valence-corrected chi connectivity index (χ4v) is 5.45. The molecule has 0 aliphatic heterocycles. The first-order valence-corrected chi connectivity index (χ1v) is 11.3. The zero-order chi connectivity index (χ0) is 23.0. The average molecular weight is 476 g/mol. The van der Waals surface area contributed by atoms with Crippen LogP contribution in [0.25, 0.3) is 22.0 Å². The molecule has 0 spiro atoms. The number of hydrogen-bond acceptors (Lipinski definition) is 3. The minimum Gasteiger partial charge on any atom is -0.481 e. The second kappa shape index (κ2) is 8.37. The van der Waals surface area contributed by atoms with Gasteiger partial charge < -0.3 is 5.11 Å². The van der Waals surface area contributed by atoms with E-state index in [1.54, 1.807) is 30.3 Å². The van der Waals surface area contributed by atoms with Crippen LogP contribution in [0.5, 0.6) is 0 Å². The Morgan fingerprint density at radius 3 is 2.44 bits per heavy atom. The molecule has 1 heterocycles. The van der Waals surface area contributed by atoms with Gasteiger partial charge in [-0.2, -0.15) is 0 Å². The Morgan fingerprint density at radius 2 is 1.75 bits per heavy atom. The van der Waals surface area contributed by atoms with Gasteiger partial charge in [-0.15, -0.1) is 0 Å². The molecule has 0 atom stereocenters. The van der Waals surface area contributed by atoms with E-state index in [2.05, 4.69) is 0 Å². The number of aromatic nitrogens is 1. The van der Waals surface area contributed by atoms with Crippen molar-refractivity contribution in [3.05, 3.63) is 89.1 Å². The summed E-state index contributed by atoms with van der Waals surface area (Å²) in [7, 11) is -4.62. The third kappa shape index (κ3) is 3.87. The number of nitrogens with zero attached hydrogens (tertiary/aromatic N) is 1. The number of rotatable bonds is 6. The van der Waals surface area contributed by atoms with E-state index in [0.29, 0.717) is 21.5 Å². The number of carboxylic acid groups (broad SMARTS) is 1. The van der Waals surface area contributed by atoms with Crippen molar-refractivity contribution >= 4 is 38.5 Å². The van der Waals surface area contributed by atoms with Crippen molar-refractivity contribution in [3.8, 4) is 11.1 Å². The molecule has 0 saturated carbocycles. The average Bonchev–Trinajstić information content (AvgIpc) is 3.13. The Bertz CT molecular complexity index is 1450. The van der Waals surface area contributed by atoms with E-state index in [0.717, 1.165) is 10.0 Å². The topological polar surface area (TPSA) is 76.4 Å². The maximum absolute atomic E-state index is 15.0. The first-order valence-electron chi connectivity index (χ1n) is 9.50. The van der Waals surface area contributed by atoms with E-state index in [4.69, 9.17) is 16.7 Å². The summed E-state index contributed by atoms with van der Waals surface area (Å²) in [4.78, 5) is 10.2. The maximum Gasteiger partial charge on any atom is 0.303 e. The molecule has 1 N–H and O–H groups in total. The van der Waals surface area contributed by atoms with Crippen LogP contribution in [-0.2, 0) is 21.2 Å². The zero-order valence-electron chi connectivity index (χ0n) is 16.4. The number of halogens is 3. The maximum atomic E-state index is 15.0. The van der Waals surface area contributed by atoms with Crippen LogP contribution in [0.15, 0.2) is 71.8 Å². The van der Waals surface area contributed by atoms with E-state index >= 15 is 0 Å². The second-order valence-electron chi connectivity index (χ2n) is 7.11. The number of aryl methyl sites for hydroxylation is 1. The normalized spacial score (nSPS) is 11.7. The van der Waals surface area contributed by atoms with E-state index in [9.17, 15) is 22.0 Å². The lowest BCUT2D eigenvalue weighted by atomic mass is 10.1. The number of carboxylic acids is 1. The molecule has 5 nitrogen and oxygen atoms in total. The van der Waals surface area contributed by atoms with Gasteiger partial charge in [0.1, 0.15) is 4.90 Å². The molecule has 1 aromatic heterocycles. The predicted molar refractivity (Wildman–Crippen MR) is 117 cm³/mol. The minimum absolute atomic E-state index is 0.00685. The van der Waals surface area contributed by atoms with Crippen molar-refractivity contribution in [3.63, 3.8) is 0 Å². The van der Waals surface area contributed by atoms with Gasteiger partial charge in [0, 0.05) is 28.6 Å². The lowest BCUT2D eigenvalue weighted by Crippen LogP contribution is -2.16. The van der Waals surface area contributed by atoms with Gasteiger partial charge in [-0.05, 0) is 47.9 Å². The molecule has 0 unspecified atom stereocenters. The molecule has 164 valence electrons. The Labute approximate surface area is 187 Å². The van der Waals surface area contributed by atoms with Crippen LogP contribution in [0.4, 0.5) is 8.78 Å². The molecule has 9 heteroatoms. The van der Waals surface area contributed by atoms with Crippen molar-refractivity contribution < 1.29 is 27.1 Å². The summed E-state index contributed by atoms with van der Waals surface area (Å²) in [5, 5.41) is 9.78. The van der Waals surface area contributed by atoms with E-state index in [-0.39, 0.29) is 23.9 Å². The molecule has 3 aromatic carbocycles. The van der Waals surface area contributed by atoms with Crippen molar-refractivity contribution in [2.75, 3.05) is 0 Å². The van der Waals surface area contributed by atoms with Crippen molar-refractivity contribution in [2.45, 2.75) is 17.7 Å². The Morgan fingerprint density at radius 1 is 1.03 bits per heavy atom. The fourth-order valence-electron chi connectivity index (χ4n) is 3.61. The monoisotopic (exact) mass is 475 g/mol. The van der Waals surface area contributed by atoms with Gasteiger partial charge in [-0.1, -0.05) is 41.9 Å². The van der Waals surface area contributed by atoms with Gasteiger partial charge in [-0.25, -0.2) is 21.2 Å². The van der Waals surface area contributed by atoms with Crippen molar-refractivity contribution in [1.29, 1.82) is 0 Å². The molecule has 0 bridgehead atoms. The van der Waals surface area contributed by atoms with Crippen LogP contribution in [-0.4, -0.2) is 23.5 Å². The van der Waals surface area contributed by atoms with Gasteiger partial charge in [0.15, 0.2) is 11.6 Å². The number of carbonyl (C=O) groups is 1.